The first kappa shape index (κ1) is 18.9. The Morgan fingerprint density at radius 2 is 2.09 bits per heavy atom. The molecule has 7 nitrogen and oxygen atoms in total. The van der Waals surface area contributed by atoms with E-state index < -0.39 is 22.0 Å². The lowest BCUT2D eigenvalue weighted by Gasteiger charge is -2.16. The molecular weight excluding hydrogens is 318 g/mol. The van der Waals surface area contributed by atoms with Crippen molar-refractivity contribution in [1.29, 1.82) is 5.26 Å². The number of nitrogens with one attached hydrogen (secondary N) is 1. The van der Waals surface area contributed by atoms with E-state index in [-0.39, 0.29) is 16.2 Å². The van der Waals surface area contributed by atoms with Gasteiger partial charge >= 0.3 is 0 Å². The van der Waals surface area contributed by atoms with Gasteiger partial charge in [0.15, 0.2) is 0 Å². The molecule has 0 aliphatic rings. The zero-order valence-corrected chi connectivity index (χ0v) is 14.5. The summed E-state index contributed by atoms with van der Waals surface area (Å²) in [6, 6.07) is 5.54. The number of rotatable bonds is 7. The van der Waals surface area contributed by atoms with Gasteiger partial charge in [-0.05, 0) is 24.6 Å². The summed E-state index contributed by atoms with van der Waals surface area (Å²) < 4.78 is 30.8. The highest BCUT2D eigenvalue weighted by atomic mass is 32.2. The molecule has 0 aromatic heterocycles. The van der Waals surface area contributed by atoms with Gasteiger partial charge in [0.2, 0.25) is 10.0 Å². The van der Waals surface area contributed by atoms with Crippen molar-refractivity contribution in [3.05, 3.63) is 23.8 Å². The molecule has 0 saturated carbocycles. The second kappa shape index (κ2) is 7.94. The van der Waals surface area contributed by atoms with Gasteiger partial charge in [-0.25, -0.2) is 12.7 Å². The van der Waals surface area contributed by atoms with Crippen LogP contribution in [0, 0.1) is 11.3 Å². The molecule has 0 aliphatic carbocycles. The third-order valence-electron chi connectivity index (χ3n) is 3.22. The predicted molar refractivity (Wildman–Crippen MR) is 85.6 cm³/mol. The summed E-state index contributed by atoms with van der Waals surface area (Å²) in [5.41, 5.74) is 0.155. The van der Waals surface area contributed by atoms with Gasteiger partial charge in [0.25, 0.3) is 5.91 Å². The maximum Gasteiger partial charge on any atom is 0.252 e. The molecule has 0 unspecified atom stereocenters. The quantitative estimate of drug-likeness (QED) is 0.809. The number of ether oxygens (including phenoxy) is 1. The van der Waals surface area contributed by atoms with Gasteiger partial charge in [0.05, 0.1) is 13.2 Å². The van der Waals surface area contributed by atoms with Crippen molar-refractivity contribution in [3.8, 4) is 11.8 Å². The van der Waals surface area contributed by atoms with Gasteiger partial charge < -0.3 is 10.1 Å². The van der Waals surface area contributed by atoms with Crippen LogP contribution >= 0.6 is 0 Å². The van der Waals surface area contributed by atoms with Gasteiger partial charge in [-0.3, -0.25) is 4.79 Å². The minimum atomic E-state index is -3.76. The molecule has 1 aromatic rings. The van der Waals surface area contributed by atoms with Crippen molar-refractivity contribution in [2.75, 3.05) is 21.2 Å². The average molecular weight is 339 g/mol. The van der Waals surface area contributed by atoms with Crippen LogP contribution in [-0.2, 0) is 10.0 Å². The summed E-state index contributed by atoms with van der Waals surface area (Å²) in [5.74, 6) is -0.344. The van der Waals surface area contributed by atoms with Crippen molar-refractivity contribution in [3.63, 3.8) is 0 Å². The van der Waals surface area contributed by atoms with E-state index in [0.717, 1.165) is 10.7 Å². The lowest BCUT2D eigenvalue weighted by Crippen LogP contribution is -2.33. The fourth-order valence-electron chi connectivity index (χ4n) is 1.92. The summed E-state index contributed by atoms with van der Waals surface area (Å²) in [7, 11) is 0.396. The van der Waals surface area contributed by atoms with E-state index in [9.17, 15) is 13.2 Å². The van der Waals surface area contributed by atoms with E-state index in [1.54, 1.807) is 0 Å². The first-order chi connectivity index (χ1) is 10.8. The Morgan fingerprint density at radius 3 is 2.57 bits per heavy atom. The highest BCUT2D eigenvalue weighted by Gasteiger charge is 2.24. The number of carbonyl (C=O) groups is 1. The van der Waals surface area contributed by atoms with E-state index in [4.69, 9.17) is 10.00 Å². The average Bonchev–Trinajstić information content (AvgIpc) is 2.53. The number of nitrogens with zero attached hydrogens (tertiary/aromatic N) is 2. The molecule has 1 amide bonds. The van der Waals surface area contributed by atoms with Gasteiger partial charge in [-0.1, -0.05) is 13.3 Å². The lowest BCUT2D eigenvalue weighted by molar-refractivity contribution is 0.0943. The van der Waals surface area contributed by atoms with E-state index >= 15 is 0 Å². The van der Waals surface area contributed by atoms with Crippen LogP contribution in [0.25, 0.3) is 0 Å². The largest absolute Gasteiger partial charge is 0.495 e. The number of carbonyl (C=O) groups excluding carboxylic acids is 1. The SMILES string of the molecule is CCC[C@@H](C#N)NC(=O)c1ccc(OC)c(S(=O)(=O)N(C)C)c1. The number of methoxy groups -OCH3 is 1. The highest BCUT2D eigenvalue weighted by Crippen LogP contribution is 2.26. The Morgan fingerprint density at radius 1 is 1.43 bits per heavy atom. The molecule has 0 fully saturated rings. The molecule has 1 atom stereocenters. The molecule has 0 aliphatic heterocycles. The number of hydrogen-bond acceptors (Lipinski definition) is 5. The molecule has 0 radical (unpaired) electrons. The van der Waals surface area contributed by atoms with Crippen LogP contribution in [0.5, 0.6) is 5.75 Å². The normalized spacial score (nSPS) is 12.5. The van der Waals surface area contributed by atoms with Crippen LogP contribution in [0.3, 0.4) is 0 Å². The maximum atomic E-state index is 12.3. The molecule has 1 rings (SSSR count). The van der Waals surface area contributed by atoms with Gasteiger partial charge in [-0.15, -0.1) is 0 Å². The summed E-state index contributed by atoms with van der Waals surface area (Å²) in [6.45, 7) is 1.91. The Balaban J connectivity index is 3.21. The van der Waals surface area contributed by atoms with E-state index in [2.05, 4.69) is 5.32 Å². The minimum absolute atomic E-state index is 0.0957. The van der Waals surface area contributed by atoms with Crippen molar-refractivity contribution >= 4 is 15.9 Å². The Bertz CT molecular complexity index is 708. The van der Waals surface area contributed by atoms with Crippen molar-refractivity contribution in [1.82, 2.24) is 9.62 Å². The molecule has 1 aromatic carbocycles. The molecule has 0 saturated heterocycles. The fraction of sp³-hybridized carbons (Fsp3) is 0.467. The highest BCUT2D eigenvalue weighted by molar-refractivity contribution is 7.89. The molecule has 8 heteroatoms. The number of sulfonamides is 1. The molecule has 1 N–H and O–H groups in total. The Hall–Kier alpha value is -2.11. The molecule has 0 spiro atoms. The van der Waals surface area contributed by atoms with Crippen LogP contribution in [0.4, 0.5) is 0 Å². The third kappa shape index (κ3) is 4.43. The van der Waals surface area contributed by atoms with Crippen LogP contribution in [-0.4, -0.2) is 45.9 Å². The second-order valence-corrected chi connectivity index (χ2v) is 7.22. The van der Waals surface area contributed by atoms with E-state index in [0.29, 0.717) is 6.42 Å². The smallest absolute Gasteiger partial charge is 0.252 e. The number of hydrogen-bond donors (Lipinski definition) is 1. The van der Waals surface area contributed by atoms with Gasteiger partial charge in [-0.2, -0.15) is 5.26 Å². The topological polar surface area (TPSA) is 99.5 Å². The molecule has 0 heterocycles. The van der Waals surface area contributed by atoms with Crippen LogP contribution < -0.4 is 10.1 Å². The number of amides is 1. The zero-order chi connectivity index (χ0) is 17.6. The van der Waals surface area contributed by atoms with Crippen molar-refractivity contribution < 1.29 is 17.9 Å². The van der Waals surface area contributed by atoms with Gasteiger partial charge in [0.1, 0.15) is 16.7 Å². The van der Waals surface area contributed by atoms with Crippen LogP contribution in [0.1, 0.15) is 30.1 Å². The molecule has 0 bridgehead atoms. The summed E-state index contributed by atoms with van der Waals surface area (Å²) in [6.07, 6.45) is 1.28. The van der Waals surface area contributed by atoms with Gasteiger partial charge in [0, 0.05) is 19.7 Å². The first-order valence-corrected chi connectivity index (χ1v) is 8.53. The summed E-state index contributed by atoms with van der Waals surface area (Å²) in [5, 5.41) is 11.6. The van der Waals surface area contributed by atoms with Crippen molar-refractivity contribution in [2.24, 2.45) is 0 Å². The Kier molecular flexibility index (Phi) is 6.54. The molecule has 126 valence electrons. The van der Waals surface area contributed by atoms with E-state index in [1.807, 2.05) is 13.0 Å². The summed E-state index contributed by atoms with van der Waals surface area (Å²) >= 11 is 0. The monoisotopic (exact) mass is 339 g/mol. The maximum absolute atomic E-state index is 12.3. The zero-order valence-electron chi connectivity index (χ0n) is 13.7. The second-order valence-electron chi connectivity index (χ2n) is 5.10. The molecule has 23 heavy (non-hydrogen) atoms. The van der Waals surface area contributed by atoms with E-state index in [1.165, 1.54) is 39.4 Å². The standard InChI is InChI=1S/C15H21N3O4S/c1-5-6-12(10-16)17-15(19)11-7-8-13(22-4)14(9-11)23(20,21)18(2)3/h7-9,12H,5-6H2,1-4H3,(H,17,19)/t12-/m0/s1. The van der Waals surface area contributed by atoms with Crippen LogP contribution in [0.2, 0.25) is 0 Å². The fourth-order valence-corrected chi connectivity index (χ4v) is 2.99. The number of benzene rings is 1. The predicted octanol–water partition coefficient (Wildman–Crippen LogP) is 1.37. The summed E-state index contributed by atoms with van der Waals surface area (Å²) in [4.78, 5) is 12.1. The molecular formula is C15H21N3O4S. The lowest BCUT2D eigenvalue weighted by atomic mass is 10.1. The number of nitriles is 1. The first-order valence-electron chi connectivity index (χ1n) is 7.09. The minimum Gasteiger partial charge on any atom is -0.495 e. The van der Waals surface area contributed by atoms with Crippen molar-refractivity contribution in [2.45, 2.75) is 30.7 Å². The Labute approximate surface area is 136 Å². The third-order valence-corrected chi connectivity index (χ3v) is 5.06. The van der Waals surface area contributed by atoms with Crippen LogP contribution in [0.15, 0.2) is 23.1 Å².